The van der Waals surface area contributed by atoms with Crippen molar-refractivity contribution in [2.45, 2.75) is 38.0 Å². The highest BCUT2D eigenvalue weighted by Gasteiger charge is 2.42. The molecule has 1 aromatic heterocycles. The Labute approximate surface area is 216 Å². The Hall–Kier alpha value is -4.02. The molecule has 4 rings (SSSR count). The van der Waals surface area contributed by atoms with E-state index in [0.29, 0.717) is 16.6 Å². The molecule has 1 aliphatic carbocycles. The fourth-order valence-corrected chi connectivity index (χ4v) is 4.90. The van der Waals surface area contributed by atoms with E-state index in [1.165, 1.54) is 0 Å². The number of nitrogens with one attached hydrogen (secondary N) is 1. The number of rotatable bonds is 7. The van der Waals surface area contributed by atoms with E-state index in [-0.39, 0.29) is 6.42 Å². The zero-order valence-electron chi connectivity index (χ0n) is 20.5. The van der Waals surface area contributed by atoms with Gasteiger partial charge in [-0.1, -0.05) is 30.3 Å². The minimum atomic E-state index is -0.603. The number of methoxy groups -OCH3 is 1. The van der Waals surface area contributed by atoms with Crippen LogP contribution in [0.3, 0.4) is 0 Å². The number of allylic oxidation sites excluding steroid dienone is 1. The molecule has 3 N–H and O–H groups in total. The van der Waals surface area contributed by atoms with Gasteiger partial charge in [0.05, 0.1) is 48.4 Å². The number of nitrogens with zero attached hydrogens (tertiary/aromatic N) is 4. The Bertz CT molecular complexity index is 1370. The number of hydrogen-bond donors (Lipinski definition) is 2. The predicted octanol–water partition coefficient (Wildman–Crippen LogP) is 6.05. The molecule has 0 spiro atoms. The number of halogens is 1. The lowest BCUT2D eigenvalue weighted by atomic mass is 9.64. The summed E-state index contributed by atoms with van der Waals surface area (Å²) in [4.78, 5) is 9.21. The lowest BCUT2D eigenvalue weighted by Gasteiger charge is -2.39. The van der Waals surface area contributed by atoms with E-state index in [9.17, 15) is 5.26 Å². The van der Waals surface area contributed by atoms with Crippen molar-refractivity contribution in [2.75, 3.05) is 12.4 Å². The van der Waals surface area contributed by atoms with Crippen molar-refractivity contribution < 1.29 is 4.74 Å². The van der Waals surface area contributed by atoms with E-state index in [1.807, 2.05) is 60.2 Å². The van der Waals surface area contributed by atoms with Gasteiger partial charge in [0.15, 0.2) is 0 Å². The standard InChI is InChI=1S/C28H29ClN6O/c1-19-17-35(18-32-19)25-11-10-24(15-26(25)36-3)33-20(2)34-27-21(16-31)5-4-12-28(27,13-14-30)22-6-8-23(29)9-7-22/h6-11,15-18,33H,2,4-5,12-13,31H2,1,3H3/b21-16-,34-27+. The number of benzene rings is 2. The number of aromatic nitrogens is 2. The maximum absolute atomic E-state index is 9.78. The molecule has 0 radical (unpaired) electrons. The second kappa shape index (κ2) is 10.7. The lowest BCUT2D eigenvalue weighted by molar-refractivity contribution is 0.413. The average Bonchev–Trinajstić information content (AvgIpc) is 3.31. The monoisotopic (exact) mass is 500 g/mol. The first-order chi connectivity index (χ1) is 17.4. The van der Waals surface area contributed by atoms with Crippen LogP contribution >= 0.6 is 11.6 Å². The van der Waals surface area contributed by atoms with Crippen molar-refractivity contribution in [3.8, 4) is 17.5 Å². The molecular formula is C28H29ClN6O. The molecule has 3 aromatic rings. The van der Waals surface area contributed by atoms with E-state index >= 15 is 0 Å². The molecule has 8 heteroatoms. The summed E-state index contributed by atoms with van der Waals surface area (Å²) in [7, 11) is 1.63. The Kier molecular flexibility index (Phi) is 7.47. The number of anilines is 1. The van der Waals surface area contributed by atoms with Crippen molar-refractivity contribution in [3.63, 3.8) is 0 Å². The minimum absolute atomic E-state index is 0.269. The van der Waals surface area contributed by atoms with Gasteiger partial charge in [0.25, 0.3) is 0 Å². The quantitative estimate of drug-likeness (QED) is 0.411. The van der Waals surface area contributed by atoms with Gasteiger partial charge >= 0.3 is 0 Å². The van der Waals surface area contributed by atoms with Crippen LogP contribution in [0.2, 0.25) is 5.02 Å². The smallest absolute Gasteiger partial charge is 0.144 e. The van der Waals surface area contributed by atoms with Gasteiger partial charge < -0.3 is 20.4 Å². The number of hydrogen-bond acceptors (Lipinski definition) is 6. The van der Waals surface area contributed by atoms with Crippen LogP contribution in [0.4, 0.5) is 5.69 Å². The molecule has 0 saturated heterocycles. The zero-order valence-corrected chi connectivity index (χ0v) is 21.2. The second-order valence-corrected chi connectivity index (χ2v) is 9.25. The van der Waals surface area contributed by atoms with Gasteiger partial charge in [-0.2, -0.15) is 5.26 Å². The molecule has 2 aromatic carbocycles. The SMILES string of the molecule is C=C(/N=C1\C(=C/N)CCCC1(CC#N)c1ccc(Cl)cc1)Nc1ccc(-n2cnc(C)c2)c(OC)c1. The fourth-order valence-electron chi connectivity index (χ4n) is 4.78. The summed E-state index contributed by atoms with van der Waals surface area (Å²) in [6.45, 7) is 6.10. The summed E-state index contributed by atoms with van der Waals surface area (Å²) in [6, 6.07) is 15.8. The maximum atomic E-state index is 9.78. The molecule has 1 heterocycles. The topological polar surface area (TPSA) is 101 Å². The van der Waals surface area contributed by atoms with Gasteiger partial charge in [-0.05, 0) is 67.8 Å². The Morgan fingerprint density at radius 3 is 2.78 bits per heavy atom. The molecule has 0 aliphatic heterocycles. The molecule has 0 bridgehead atoms. The summed E-state index contributed by atoms with van der Waals surface area (Å²) in [5.74, 6) is 1.12. The highest BCUT2D eigenvalue weighted by Crippen LogP contribution is 2.43. The number of ether oxygens (including phenoxy) is 1. The normalized spacial score (nSPS) is 19.7. The largest absolute Gasteiger partial charge is 0.494 e. The summed E-state index contributed by atoms with van der Waals surface area (Å²) in [5.41, 5.74) is 10.7. The van der Waals surface area contributed by atoms with Gasteiger partial charge in [-0.3, -0.25) is 0 Å². The van der Waals surface area contributed by atoms with Gasteiger partial charge in [0.2, 0.25) is 0 Å². The fraction of sp³-hybridized carbons (Fsp3) is 0.250. The molecule has 0 amide bonds. The maximum Gasteiger partial charge on any atom is 0.144 e. The van der Waals surface area contributed by atoms with Gasteiger partial charge in [0, 0.05) is 23.0 Å². The predicted molar refractivity (Wildman–Crippen MR) is 145 cm³/mol. The summed E-state index contributed by atoms with van der Waals surface area (Å²) < 4.78 is 7.53. The van der Waals surface area contributed by atoms with Crippen molar-refractivity contribution in [1.82, 2.24) is 9.55 Å². The summed E-state index contributed by atoms with van der Waals surface area (Å²) in [6.07, 6.45) is 8.02. The van der Waals surface area contributed by atoms with Crippen LogP contribution < -0.4 is 15.8 Å². The van der Waals surface area contributed by atoms with E-state index in [1.54, 1.807) is 19.6 Å². The Balaban J connectivity index is 1.69. The third kappa shape index (κ3) is 5.00. The van der Waals surface area contributed by atoms with Crippen molar-refractivity contribution in [3.05, 3.63) is 95.4 Å². The zero-order chi connectivity index (χ0) is 25.7. The van der Waals surface area contributed by atoms with Crippen LogP contribution in [0.5, 0.6) is 5.75 Å². The van der Waals surface area contributed by atoms with Crippen LogP contribution in [0.25, 0.3) is 5.69 Å². The van der Waals surface area contributed by atoms with Crippen LogP contribution in [0.15, 0.2) is 84.2 Å². The number of aliphatic imine (C=N–C) groups is 1. The highest BCUT2D eigenvalue weighted by molar-refractivity contribution is 6.30. The number of imidazole rings is 1. The Morgan fingerprint density at radius 2 is 2.14 bits per heavy atom. The summed E-state index contributed by atoms with van der Waals surface area (Å²) >= 11 is 6.15. The molecule has 184 valence electrons. The average molecular weight is 501 g/mol. The van der Waals surface area contributed by atoms with Gasteiger partial charge in [0.1, 0.15) is 11.6 Å². The molecule has 1 atom stereocenters. The van der Waals surface area contributed by atoms with Crippen molar-refractivity contribution in [1.29, 1.82) is 5.26 Å². The van der Waals surface area contributed by atoms with E-state index in [4.69, 9.17) is 27.1 Å². The van der Waals surface area contributed by atoms with Crippen molar-refractivity contribution >= 4 is 23.0 Å². The van der Waals surface area contributed by atoms with Crippen molar-refractivity contribution in [2.24, 2.45) is 10.7 Å². The van der Waals surface area contributed by atoms with Crippen LogP contribution in [-0.2, 0) is 5.41 Å². The van der Waals surface area contributed by atoms with E-state index in [2.05, 4.69) is 22.9 Å². The first-order valence-electron chi connectivity index (χ1n) is 11.7. The molecule has 1 fully saturated rings. The molecule has 1 unspecified atom stereocenters. The Morgan fingerprint density at radius 1 is 1.36 bits per heavy atom. The van der Waals surface area contributed by atoms with Crippen LogP contribution in [-0.4, -0.2) is 22.4 Å². The number of nitriles is 1. The minimum Gasteiger partial charge on any atom is -0.494 e. The molecule has 7 nitrogen and oxygen atoms in total. The van der Waals surface area contributed by atoms with Crippen LogP contribution in [0, 0.1) is 18.3 Å². The van der Waals surface area contributed by atoms with E-state index < -0.39 is 5.41 Å². The molecular weight excluding hydrogens is 472 g/mol. The lowest BCUT2D eigenvalue weighted by Crippen LogP contribution is -2.40. The van der Waals surface area contributed by atoms with Gasteiger partial charge in [-0.15, -0.1) is 0 Å². The van der Waals surface area contributed by atoms with Crippen LogP contribution in [0.1, 0.15) is 36.9 Å². The molecule has 1 saturated carbocycles. The first kappa shape index (κ1) is 25.1. The third-order valence-corrected chi connectivity index (χ3v) is 6.74. The number of nitrogens with two attached hydrogens (primary N) is 1. The number of aryl methyl sites for hydroxylation is 1. The highest BCUT2D eigenvalue weighted by atomic mass is 35.5. The third-order valence-electron chi connectivity index (χ3n) is 6.49. The second-order valence-electron chi connectivity index (χ2n) is 8.81. The molecule has 1 aliphatic rings. The van der Waals surface area contributed by atoms with Gasteiger partial charge in [-0.25, -0.2) is 9.98 Å². The molecule has 36 heavy (non-hydrogen) atoms. The first-order valence-corrected chi connectivity index (χ1v) is 12.1. The summed E-state index contributed by atoms with van der Waals surface area (Å²) in [5, 5.41) is 13.7. The van der Waals surface area contributed by atoms with E-state index in [0.717, 1.165) is 53.2 Å².